The summed E-state index contributed by atoms with van der Waals surface area (Å²) in [6.07, 6.45) is 2.76. The van der Waals surface area contributed by atoms with Gasteiger partial charge in [0.2, 0.25) is 5.91 Å². The van der Waals surface area contributed by atoms with Crippen LogP contribution >= 0.6 is 0 Å². The van der Waals surface area contributed by atoms with E-state index in [4.69, 9.17) is 0 Å². The summed E-state index contributed by atoms with van der Waals surface area (Å²) >= 11 is 0. The summed E-state index contributed by atoms with van der Waals surface area (Å²) in [6, 6.07) is 1.39. The molecule has 2 N–H and O–H groups in total. The van der Waals surface area contributed by atoms with Gasteiger partial charge in [0.25, 0.3) is 5.56 Å². The summed E-state index contributed by atoms with van der Waals surface area (Å²) in [4.78, 5) is 45.1. The van der Waals surface area contributed by atoms with Crippen molar-refractivity contribution in [2.45, 2.75) is 52.0 Å². The first kappa shape index (κ1) is 17.9. The molecule has 2 unspecified atom stereocenters. The van der Waals surface area contributed by atoms with Crippen LogP contribution in [0.5, 0.6) is 0 Å². The SMILES string of the molecule is CC(C)(C)CN1CCCC(N2CCC(c3cc(=O)[nH]c(=O)[nH]3)C2)C1=O. The van der Waals surface area contributed by atoms with E-state index in [0.717, 1.165) is 38.9 Å². The number of rotatable bonds is 3. The number of aromatic nitrogens is 2. The fourth-order valence-corrected chi connectivity index (χ4v) is 4.02. The second-order valence-electron chi connectivity index (χ2n) is 8.50. The monoisotopic (exact) mass is 348 g/mol. The van der Waals surface area contributed by atoms with E-state index in [1.807, 2.05) is 4.90 Å². The van der Waals surface area contributed by atoms with Crippen molar-refractivity contribution in [3.05, 3.63) is 32.6 Å². The van der Waals surface area contributed by atoms with Gasteiger partial charge in [-0.2, -0.15) is 0 Å². The molecule has 0 aromatic carbocycles. The van der Waals surface area contributed by atoms with Crippen molar-refractivity contribution in [2.75, 3.05) is 26.2 Å². The molecule has 2 aliphatic heterocycles. The van der Waals surface area contributed by atoms with Crippen molar-refractivity contribution >= 4 is 5.91 Å². The van der Waals surface area contributed by atoms with Crippen LogP contribution in [-0.4, -0.2) is 57.9 Å². The quantitative estimate of drug-likeness (QED) is 0.849. The number of likely N-dealkylation sites (tertiary alicyclic amines) is 2. The molecular weight excluding hydrogens is 320 g/mol. The van der Waals surface area contributed by atoms with E-state index in [0.29, 0.717) is 12.2 Å². The maximum absolute atomic E-state index is 12.9. The van der Waals surface area contributed by atoms with Gasteiger partial charge in [-0.3, -0.25) is 19.5 Å². The van der Waals surface area contributed by atoms with Crippen molar-refractivity contribution in [1.82, 2.24) is 19.8 Å². The number of nitrogens with zero attached hydrogens (tertiary/aromatic N) is 2. The van der Waals surface area contributed by atoms with Gasteiger partial charge in [0.05, 0.1) is 6.04 Å². The van der Waals surface area contributed by atoms with Crippen LogP contribution in [0.25, 0.3) is 0 Å². The van der Waals surface area contributed by atoms with E-state index in [9.17, 15) is 14.4 Å². The molecule has 0 spiro atoms. The molecule has 2 saturated heterocycles. The molecule has 3 rings (SSSR count). The Kier molecular flexibility index (Phi) is 4.86. The fraction of sp³-hybridized carbons (Fsp3) is 0.722. The Balaban J connectivity index is 1.69. The number of hydrogen-bond acceptors (Lipinski definition) is 4. The minimum Gasteiger partial charge on any atom is -0.341 e. The fourth-order valence-electron chi connectivity index (χ4n) is 4.02. The number of nitrogens with one attached hydrogen (secondary N) is 2. The number of aromatic amines is 2. The van der Waals surface area contributed by atoms with Gasteiger partial charge in [-0.15, -0.1) is 0 Å². The molecule has 7 heteroatoms. The normalized spacial score (nSPS) is 25.6. The highest BCUT2D eigenvalue weighted by atomic mass is 16.2. The number of H-pyrrole nitrogens is 2. The second-order valence-corrected chi connectivity index (χ2v) is 8.50. The van der Waals surface area contributed by atoms with Crippen LogP contribution in [0, 0.1) is 5.41 Å². The number of hydrogen-bond donors (Lipinski definition) is 2. The third kappa shape index (κ3) is 4.21. The van der Waals surface area contributed by atoms with Crippen LogP contribution in [0.1, 0.15) is 51.6 Å². The van der Waals surface area contributed by atoms with Crippen LogP contribution in [-0.2, 0) is 4.79 Å². The molecule has 3 heterocycles. The van der Waals surface area contributed by atoms with Crippen LogP contribution in [0.15, 0.2) is 15.7 Å². The first-order valence-electron chi connectivity index (χ1n) is 9.09. The largest absolute Gasteiger partial charge is 0.341 e. The third-order valence-electron chi connectivity index (χ3n) is 5.05. The molecular formula is C18H28N4O3. The van der Waals surface area contributed by atoms with Gasteiger partial charge in [0, 0.05) is 37.3 Å². The van der Waals surface area contributed by atoms with Crippen molar-refractivity contribution < 1.29 is 4.79 Å². The minimum absolute atomic E-state index is 0.0742. The van der Waals surface area contributed by atoms with Crippen molar-refractivity contribution in [3.63, 3.8) is 0 Å². The zero-order valence-corrected chi connectivity index (χ0v) is 15.3. The highest BCUT2D eigenvalue weighted by molar-refractivity contribution is 5.82. The Labute approximate surface area is 147 Å². The van der Waals surface area contributed by atoms with Crippen LogP contribution in [0.2, 0.25) is 0 Å². The van der Waals surface area contributed by atoms with Gasteiger partial charge in [0.15, 0.2) is 0 Å². The summed E-state index contributed by atoms with van der Waals surface area (Å²) in [5, 5.41) is 0. The molecule has 2 atom stereocenters. The van der Waals surface area contributed by atoms with Gasteiger partial charge < -0.3 is 9.88 Å². The molecule has 0 aliphatic carbocycles. The first-order chi connectivity index (χ1) is 11.7. The summed E-state index contributed by atoms with van der Waals surface area (Å²) in [5.74, 6) is 0.321. The van der Waals surface area contributed by atoms with E-state index >= 15 is 0 Å². The van der Waals surface area contributed by atoms with Gasteiger partial charge in [-0.1, -0.05) is 20.8 Å². The first-order valence-corrected chi connectivity index (χ1v) is 9.09. The van der Waals surface area contributed by atoms with E-state index in [1.165, 1.54) is 6.07 Å². The molecule has 0 radical (unpaired) electrons. The third-order valence-corrected chi connectivity index (χ3v) is 5.05. The maximum atomic E-state index is 12.9. The second kappa shape index (κ2) is 6.78. The zero-order chi connectivity index (χ0) is 18.2. The Morgan fingerprint density at radius 3 is 2.56 bits per heavy atom. The lowest BCUT2D eigenvalue weighted by Gasteiger charge is -2.39. The van der Waals surface area contributed by atoms with Gasteiger partial charge in [0.1, 0.15) is 0 Å². The predicted molar refractivity (Wildman–Crippen MR) is 95.7 cm³/mol. The molecule has 2 aliphatic rings. The number of carbonyl (C=O) groups excluding carboxylic acids is 1. The maximum Gasteiger partial charge on any atom is 0.325 e. The zero-order valence-electron chi connectivity index (χ0n) is 15.3. The van der Waals surface area contributed by atoms with Crippen molar-refractivity contribution in [1.29, 1.82) is 0 Å². The highest BCUT2D eigenvalue weighted by Gasteiger charge is 2.38. The predicted octanol–water partition coefficient (Wildman–Crippen LogP) is 0.890. The molecule has 1 aromatic rings. The van der Waals surface area contributed by atoms with Gasteiger partial charge >= 0.3 is 5.69 Å². The summed E-state index contributed by atoms with van der Waals surface area (Å²) in [6.45, 7) is 9.60. The van der Waals surface area contributed by atoms with Crippen LogP contribution in [0.4, 0.5) is 0 Å². The Morgan fingerprint density at radius 1 is 1.12 bits per heavy atom. The van der Waals surface area contributed by atoms with Crippen LogP contribution < -0.4 is 11.2 Å². The van der Waals surface area contributed by atoms with E-state index in [2.05, 4.69) is 35.6 Å². The van der Waals surface area contributed by atoms with E-state index in [1.54, 1.807) is 0 Å². The highest BCUT2D eigenvalue weighted by Crippen LogP contribution is 2.30. The molecule has 1 aromatic heterocycles. The number of piperidine rings is 1. The average molecular weight is 348 g/mol. The van der Waals surface area contributed by atoms with Gasteiger partial charge in [-0.05, 0) is 31.2 Å². The number of carbonyl (C=O) groups is 1. The molecule has 138 valence electrons. The minimum atomic E-state index is -0.467. The lowest BCUT2D eigenvalue weighted by atomic mass is 9.93. The Bertz CT molecular complexity index is 717. The van der Waals surface area contributed by atoms with Gasteiger partial charge in [-0.25, -0.2) is 4.79 Å². The van der Waals surface area contributed by atoms with Crippen molar-refractivity contribution in [2.24, 2.45) is 5.41 Å². The Hall–Kier alpha value is -1.89. The average Bonchev–Trinajstić information content (AvgIpc) is 2.97. The molecule has 2 fully saturated rings. The molecule has 7 nitrogen and oxygen atoms in total. The van der Waals surface area contributed by atoms with E-state index in [-0.39, 0.29) is 28.8 Å². The molecule has 1 amide bonds. The molecule has 0 saturated carbocycles. The Morgan fingerprint density at radius 2 is 1.88 bits per heavy atom. The summed E-state index contributed by atoms with van der Waals surface area (Å²) in [5.41, 5.74) is -0.0743. The van der Waals surface area contributed by atoms with E-state index < -0.39 is 5.69 Å². The summed E-state index contributed by atoms with van der Waals surface area (Å²) in [7, 11) is 0. The molecule has 0 bridgehead atoms. The van der Waals surface area contributed by atoms with Crippen molar-refractivity contribution in [3.8, 4) is 0 Å². The number of amides is 1. The standard InChI is InChI=1S/C18H28N4O3/c1-18(2,3)11-22-7-4-5-14(16(22)24)21-8-6-12(10-21)13-9-15(23)20-17(25)19-13/h9,12,14H,4-8,10-11H2,1-3H3,(H2,19,20,23,25). The summed E-state index contributed by atoms with van der Waals surface area (Å²) < 4.78 is 0. The smallest absolute Gasteiger partial charge is 0.325 e. The topological polar surface area (TPSA) is 89.3 Å². The lowest BCUT2D eigenvalue weighted by molar-refractivity contribution is -0.141. The lowest BCUT2D eigenvalue weighted by Crippen LogP contribution is -2.53. The van der Waals surface area contributed by atoms with Crippen LogP contribution in [0.3, 0.4) is 0 Å². The molecule has 25 heavy (non-hydrogen) atoms.